The van der Waals surface area contributed by atoms with Crippen molar-refractivity contribution >= 4 is 28.8 Å². The number of nitrogens with zero attached hydrogens (tertiary/aromatic N) is 1. The van der Waals surface area contributed by atoms with E-state index in [-0.39, 0.29) is 17.4 Å². The molecule has 2 fully saturated rings. The molecule has 6 heteroatoms. The van der Waals surface area contributed by atoms with E-state index in [0.717, 1.165) is 43.6 Å². The Morgan fingerprint density at radius 3 is 2.38 bits per heavy atom. The van der Waals surface area contributed by atoms with Gasteiger partial charge in [-0.2, -0.15) is 0 Å². The van der Waals surface area contributed by atoms with Crippen LogP contribution in [0.15, 0.2) is 48.2 Å². The highest BCUT2D eigenvalue weighted by Gasteiger charge is 2.32. The van der Waals surface area contributed by atoms with Crippen LogP contribution in [0.5, 0.6) is 0 Å². The average Bonchev–Trinajstić information content (AvgIpc) is 3.19. The number of anilines is 2. The number of carbonyl (C=O) groups is 2. The van der Waals surface area contributed by atoms with Crippen molar-refractivity contribution in [2.45, 2.75) is 57.9 Å². The summed E-state index contributed by atoms with van der Waals surface area (Å²) in [6.07, 6.45) is 9.46. The Kier molecular flexibility index (Phi) is 6.68. The molecule has 1 saturated heterocycles. The molecule has 2 aromatic carbocycles. The molecule has 34 heavy (non-hydrogen) atoms. The van der Waals surface area contributed by atoms with Gasteiger partial charge in [0.15, 0.2) is 0 Å². The Bertz CT molecular complexity index is 1090. The van der Waals surface area contributed by atoms with E-state index in [9.17, 15) is 14.7 Å². The van der Waals surface area contributed by atoms with Gasteiger partial charge in [-0.15, -0.1) is 0 Å². The zero-order valence-corrected chi connectivity index (χ0v) is 19.6. The number of carboxylic acids is 1. The normalized spacial score (nSPS) is 20.5. The van der Waals surface area contributed by atoms with Crippen molar-refractivity contribution < 1.29 is 14.7 Å². The first-order chi connectivity index (χ1) is 16.6. The maximum absolute atomic E-state index is 13.1. The summed E-state index contributed by atoms with van der Waals surface area (Å²) in [7, 11) is 0. The molecule has 1 saturated carbocycles. The maximum atomic E-state index is 13.1. The van der Waals surface area contributed by atoms with Gasteiger partial charge in [0.25, 0.3) is 5.91 Å². The molecule has 2 aromatic rings. The van der Waals surface area contributed by atoms with Crippen molar-refractivity contribution in [2.75, 3.05) is 23.7 Å². The van der Waals surface area contributed by atoms with Crippen molar-refractivity contribution in [3.05, 3.63) is 64.9 Å². The van der Waals surface area contributed by atoms with Crippen molar-refractivity contribution in [1.29, 1.82) is 0 Å². The van der Waals surface area contributed by atoms with Crippen LogP contribution in [0, 0.1) is 5.92 Å². The minimum Gasteiger partial charge on any atom is -0.478 e. The van der Waals surface area contributed by atoms with E-state index in [1.54, 1.807) is 18.2 Å². The van der Waals surface area contributed by atoms with Crippen LogP contribution in [0.2, 0.25) is 0 Å². The molecule has 0 radical (unpaired) electrons. The molecule has 3 N–H and O–H groups in total. The number of aromatic carboxylic acids is 1. The highest BCUT2D eigenvalue weighted by molar-refractivity contribution is 6.32. The Balaban J connectivity index is 1.46. The lowest BCUT2D eigenvalue weighted by Gasteiger charge is -2.28. The second kappa shape index (κ2) is 10.0. The molecule has 0 unspecified atom stereocenters. The predicted octanol–water partition coefficient (Wildman–Crippen LogP) is 5.73. The number of benzene rings is 2. The summed E-state index contributed by atoms with van der Waals surface area (Å²) in [4.78, 5) is 27.2. The van der Waals surface area contributed by atoms with Gasteiger partial charge in [-0.25, -0.2) is 4.79 Å². The monoisotopic (exact) mass is 459 g/mol. The summed E-state index contributed by atoms with van der Waals surface area (Å²) in [6.45, 7) is 3.32. The number of rotatable bonds is 6. The van der Waals surface area contributed by atoms with E-state index in [2.05, 4.69) is 39.8 Å². The summed E-state index contributed by atoms with van der Waals surface area (Å²) < 4.78 is 0. The summed E-state index contributed by atoms with van der Waals surface area (Å²) in [5.41, 5.74) is 5.32. The van der Waals surface area contributed by atoms with Gasteiger partial charge in [-0.1, -0.05) is 37.8 Å². The molecule has 5 rings (SSSR count). The van der Waals surface area contributed by atoms with E-state index in [4.69, 9.17) is 0 Å². The molecule has 6 nitrogen and oxygen atoms in total. The third-order valence-corrected chi connectivity index (χ3v) is 7.38. The number of hydrogen-bond acceptors (Lipinski definition) is 4. The number of carboxylic acid groups (broad SMARTS) is 1. The van der Waals surface area contributed by atoms with Gasteiger partial charge in [0.2, 0.25) is 0 Å². The van der Waals surface area contributed by atoms with Gasteiger partial charge < -0.3 is 15.7 Å². The topological polar surface area (TPSA) is 81.7 Å². The third kappa shape index (κ3) is 4.87. The van der Waals surface area contributed by atoms with Crippen LogP contribution in [-0.2, 0) is 11.3 Å². The van der Waals surface area contributed by atoms with E-state index < -0.39 is 5.97 Å². The summed E-state index contributed by atoms with van der Waals surface area (Å²) >= 11 is 0. The first-order valence-corrected chi connectivity index (χ1v) is 12.6. The molecule has 3 aliphatic rings. The van der Waals surface area contributed by atoms with E-state index in [1.807, 2.05) is 0 Å². The van der Waals surface area contributed by atoms with Gasteiger partial charge in [-0.05, 0) is 80.6 Å². The Labute approximate surface area is 201 Å². The SMILES string of the molecule is O=C1Nc2ccc(C(=O)O)cc2/C1=C(/Nc1ccc(CN2CCCCC2)cc1)C1CCCCC1. The van der Waals surface area contributed by atoms with Gasteiger partial charge in [0.1, 0.15) is 0 Å². The maximum Gasteiger partial charge on any atom is 0.335 e. The first-order valence-electron chi connectivity index (χ1n) is 12.6. The van der Waals surface area contributed by atoms with Gasteiger partial charge in [0, 0.05) is 29.2 Å². The van der Waals surface area contributed by atoms with E-state index in [0.29, 0.717) is 16.8 Å². The number of likely N-dealkylation sites (tertiary alicyclic amines) is 1. The Morgan fingerprint density at radius 2 is 1.68 bits per heavy atom. The molecule has 1 amide bonds. The number of amides is 1. The lowest BCUT2D eigenvalue weighted by molar-refractivity contribution is -0.110. The predicted molar refractivity (Wildman–Crippen MR) is 135 cm³/mol. The molecule has 178 valence electrons. The fourth-order valence-corrected chi connectivity index (χ4v) is 5.55. The van der Waals surface area contributed by atoms with Crippen LogP contribution in [0.4, 0.5) is 11.4 Å². The molecular weight excluding hydrogens is 426 g/mol. The lowest BCUT2D eigenvalue weighted by Crippen LogP contribution is -2.29. The molecule has 2 heterocycles. The molecule has 1 aliphatic carbocycles. The smallest absolute Gasteiger partial charge is 0.335 e. The quantitative estimate of drug-likeness (QED) is 0.481. The molecule has 0 bridgehead atoms. The standard InChI is InChI=1S/C28H33N3O3/c32-27-25(23-17-21(28(33)34)11-14-24(23)30-27)26(20-7-3-1-4-8-20)29-22-12-9-19(10-13-22)18-31-15-5-2-6-16-31/h9-14,17,20,29H,1-8,15-16,18H2,(H,30,32)(H,33,34)/b26-25-. The van der Waals surface area contributed by atoms with Crippen LogP contribution >= 0.6 is 0 Å². The number of piperidine rings is 1. The second-order valence-electron chi connectivity index (χ2n) is 9.80. The lowest BCUT2D eigenvalue weighted by atomic mass is 9.84. The highest BCUT2D eigenvalue weighted by Crippen LogP contribution is 2.40. The first kappa shape index (κ1) is 22.7. The van der Waals surface area contributed by atoms with Gasteiger partial charge in [-0.3, -0.25) is 9.69 Å². The minimum absolute atomic E-state index is 0.160. The van der Waals surface area contributed by atoms with Crippen LogP contribution in [-0.4, -0.2) is 35.0 Å². The number of fused-ring (bicyclic) bond motifs is 1. The summed E-state index contributed by atoms with van der Waals surface area (Å²) in [5.74, 6) is -0.896. The number of hydrogen-bond donors (Lipinski definition) is 3. The largest absolute Gasteiger partial charge is 0.478 e. The fourth-order valence-electron chi connectivity index (χ4n) is 5.55. The number of allylic oxidation sites excluding steroid dienone is 1. The van der Waals surface area contributed by atoms with E-state index >= 15 is 0 Å². The Morgan fingerprint density at radius 1 is 0.971 bits per heavy atom. The summed E-state index contributed by atoms with van der Waals surface area (Å²) in [6, 6.07) is 13.4. The average molecular weight is 460 g/mol. The minimum atomic E-state index is -0.988. The zero-order chi connectivity index (χ0) is 23.5. The third-order valence-electron chi connectivity index (χ3n) is 7.38. The highest BCUT2D eigenvalue weighted by atomic mass is 16.4. The van der Waals surface area contributed by atoms with Crippen molar-refractivity contribution in [3.8, 4) is 0 Å². The van der Waals surface area contributed by atoms with Crippen LogP contribution in [0.25, 0.3) is 5.57 Å². The van der Waals surface area contributed by atoms with E-state index in [1.165, 1.54) is 44.3 Å². The molecule has 2 aliphatic heterocycles. The van der Waals surface area contributed by atoms with Crippen LogP contribution < -0.4 is 10.6 Å². The molecular formula is C28H33N3O3. The molecule has 0 spiro atoms. The van der Waals surface area contributed by atoms with Gasteiger partial charge >= 0.3 is 5.97 Å². The Hall–Kier alpha value is -3.12. The fraction of sp³-hybridized carbons (Fsp3) is 0.429. The number of carbonyl (C=O) groups excluding carboxylic acids is 1. The number of nitrogens with one attached hydrogen (secondary N) is 2. The summed E-state index contributed by atoms with van der Waals surface area (Å²) in [5, 5.41) is 16.0. The van der Waals surface area contributed by atoms with Crippen molar-refractivity contribution in [2.24, 2.45) is 5.92 Å². The second-order valence-corrected chi connectivity index (χ2v) is 9.80. The zero-order valence-electron chi connectivity index (χ0n) is 19.6. The molecule has 0 atom stereocenters. The van der Waals surface area contributed by atoms with Crippen molar-refractivity contribution in [3.63, 3.8) is 0 Å². The van der Waals surface area contributed by atoms with Crippen LogP contribution in [0.1, 0.15) is 72.9 Å². The van der Waals surface area contributed by atoms with Crippen molar-refractivity contribution in [1.82, 2.24) is 4.90 Å². The van der Waals surface area contributed by atoms with Gasteiger partial charge in [0.05, 0.1) is 11.1 Å². The molecule has 0 aromatic heterocycles. The van der Waals surface area contributed by atoms with Crippen LogP contribution in [0.3, 0.4) is 0 Å².